The van der Waals surface area contributed by atoms with Crippen molar-refractivity contribution in [3.63, 3.8) is 0 Å². The number of ether oxygens (including phenoxy) is 2. The van der Waals surface area contributed by atoms with E-state index in [2.05, 4.69) is 35.9 Å². The Morgan fingerprint density at radius 1 is 1.00 bits per heavy atom. The van der Waals surface area contributed by atoms with Crippen LogP contribution in [0.3, 0.4) is 0 Å². The van der Waals surface area contributed by atoms with Gasteiger partial charge in [0, 0.05) is 25.2 Å². The van der Waals surface area contributed by atoms with Crippen LogP contribution in [0.2, 0.25) is 0 Å². The van der Waals surface area contributed by atoms with Crippen molar-refractivity contribution in [3.05, 3.63) is 41.4 Å². The molecule has 42 heavy (non-hydrogen) atoms. The third kappa shape index (κ3) is 4.02. The van der Waals surface area contributed by atoms with Crippen LogP contribution in [0.4, 0.5) is 4.39 Å². The van der Waals surface area contributed by atoms with Gasteiger partial charge in [-0.25, -0.2) is 9.37 Å². The number of Topliss-reactive ketones (excluding diaryl/α,β-unsaturated/α-hetero) is 1. The highest BCUT2D eigenvalue weighted by atomic mass is 19.1. The molecule has 2 saturated heterocycles. The van der Waals surface area contributed by atoms with Gasteiger partial charge in [-0.15, -0.1) is 0 Å². The Morgan fingerprint density at radius 3 is 2.62 bits per heavy atom. The van der Waals surface area contributed by atoms with Gasteiger partial charge in [-0.05, 0) is 74.6 Å². The second-order valence-electron chi connectivity index (χ2n) is 13.6. The standard InChI is InChI=1S/C33H41FN4O4/c1-18-13-25-26(14-19(18)2)38(17-35-25)30-24(34)15-22-29-32(30)42-27-8-7-20-5-3-4-6-21(20)28(27)37(29)16-23(31(22)39)33(40)36-9-11-41-12-10-36/h13-14,16-17,20-22,24,27-30,32H,3-12,15H2,1-2H3. The van der Waals surface area contributed by atoms with Gasteiger partial charge in [0.25, 0.3) is 5.91 Å². The molecule has 0 radical (unpaired) electrons. The number of carbonyl (C=O) groups is 2. The lowest BCUT2D eigenvalue weighted by molar-refractivity contribution is -0.220. The molecule has 6 aliphatic rings. The maximum Gasteiger partial charge on any atom is 0.259 e. The second kappa shape index (κ2) is 10.2. The fourth-order valence-electron chi connectivity index (χ4n) is 9.32. The number of benzene rings is 1. The quantitative estimate of drug-likeness (QED) is 0.497. The average molecular weight is 577 g/mol. The van der Waals surface area contributed by atoms with Gasteiger partial charge in [0.1, 0.15) is 12.3 Å². The molecule has 224 valence electrons. The van der Waals surface area contributed by atoms with E-state index in [1.54, 1.807) is 11.2 Å². The number of carbonyl (C=O) groups excluding carboxylic acids is 2. The molecular formula is C33H41FN4O4. The van der Waals surface area contributed by atoms with E-state index in [0.717, 1.165) is 41.4 Å². The molecule has 1 amide bonds. The monoisotopic (exact) mass is 576 g/mol. The molecule has 0 N–H and O–H groups in total. The van der Waals surface area contributed by atoms with E-state index in [0.29, 0.717) is 38.1 Å². The van der Waals surface area contributed by atoms with E-state index >= 15 is 4.39 Å². The number of morpholine rings is 2. The molecule has 9 unspecified atom stereocenters. The molecule has 3 aliphatic carbocycles. The van der Waals surface area contributed by atoms with E-state index in [1.165, 1.54) is 19.3 Å². The van der Waals surface area contributed by atoms with Gasteiger partial charge in [-0.1, -0.05) is 19.3 Å². The predicted octanol–water partition coefficient (Wildman–Crippen LogP) is 4.28. The number of ketones is 1. The molecule has 3 saturated carbocycles. The first kappa shape index (κ1) is 26.8. The fraction of sp³-hybridized carbons (Fsp3) is 0.667. The highest BCUT2D eigenvalue weighted by Crippen LogP contribution is 2.53. The maximum atomic E-state index is 16.6. The Bertz CT molecular complexity index is 1450. The van der Waals surface area contributed by atoms with Crippen molar-refractivity contribution < 1.29 is 23.5 Å². The van der Waals surface area contributed by atoms with E-state index in [-0.39, 0.29) is 41.9 Å². The topological polar surface area (TPSA) is 76.9 Å². The fourth-order valence-corrected chi connectivity index (χ4v) is 9.32. The number of alkyl halides is 1. The molecule has 9 heteroatoms. The van der Waals surface area contributed by atoms with Gasteiger partial charge in [-0.2, -0.15) is 0 Å². The van der Waals surface area contributed by atoms with Gasteiger partial charge < -0.3 is 23.8 Å². The first-order valence-corrected chi connectivity index (χ1v) is 16.0. The van der Waals surface area contributed by atoms with Crippen molar-refractivity contribution in [1.82, 2.24) is 19.4 Å². The minimum absolute atomic E-state index is 0.0537. The van der Waals surface area contributed by atoms with Crippen LogP contribution >= 0.6 is 0 Å². The second-order valence-corrected chi connectivity index (χ2v) is 13.6. The molecule has 4 heterocycles. The van der Waals surface area contributed by atoms with E-state index in [4.69, 9.17) is 9.47 Å². The normalized spacial score (nSPS) is 38.0. The first-order valence-electron chi connectivity index (χ1n) is 16.0. The maximum absolute atomic E-state index is 16.6. The zero-order chi connectivity index (χ0) is 28.7. The predicted molar refractivity (Wildman–Crippen MR) is 154 cm³/mol. The van der Waals surface area contributed by atoms with Crippen LogP contribution in [0.5, 0.6) is 0 Å². The van der Waals surface area contributed by atoms with Gasteiger partial charge in [-0.3, -0.25) is 9.59 Å². The Morgan fingerprint density at radius 2 is 1.79 bits per heavy atom. The number of hydrogen-bond acceptors (Lipinski definition) is 6. The van der Waals surface area contributed by atoms with Crippen LogP contribution in [0.15, 0.2) is 30.2 Å². The summed E-state index contributed by atoms with van der Waals surface area (Å²) in [4.78, 5) is 36.7. The lowest BCUT2D eigenvalue weighted by Crippen LogP contribution is -2.71. The van der Waals surface area contributed by atoms with Crippen molar-refractivity contribution in [2.45, 2.75) is 95.3 Å². The molecule has 8 rings (SSSR count). The number of amides is 1. The van der Waals surface area contributed by atoms with Gasteiger partial charge in [0.2, 0.25) is 0 Å². The van der Waals surface area contributed by atoms with Crippen LogP contribution in [0.1, 0.15) is 62.1 Å². The summed E-state index contributed by atoms with van der Waals surface area (Å²) in [6, 6.07) is 3.36. The summed E-state index contributed by atoms with van der Waals surface area (Å²) in [5.41, 5.74) is 4.26. The van der Waals surface area contributed by atoms with Crippen molar-refractivity contribution in [3.8, 4) is 0 Å². The molecule has 0 spiro atoms. The molecule has 8 nitrogen and oxygen atoms in total. The van der Waals surface area contributed by atoms with E-state index in [1.807, 2.05) is 10.8 Å². The summed E-state index contributed by atoms with van der Waals surface area (Å²) in [5, 5.41) is 0. The Kier molecular flexibility index (Phi) is 6.48. The smallest absolute Gasteiger partial charge is 0.259 e. The summed E-state index contributed by atoms with van der Waals surface area (Å²) in [7, 11) is 0. The molecule has 2 aromatic rings. The van der Waals surface area contributed by atoms with Gasteiger partial charge in [0.15, 0.2) is 5.78 Å². The number of fused-ring (bicyclic) bond motifs is 5. The lowest BCUT2D eigenvalue weighted by atomic mass is 9.63. The largest absolute Gasteiger partial charge is 0.378 e. The molecule has 1 aromatic carbocycles. The number of nitrogens with zero attached hydrogens (tertiary/aromatic N) is 4. The summed E-state index contributed by atoms with van der Waals surface area (Å²) < 4.78 is 31.1. The van der Waals surface area contributed by atoms with Crippen LogP contribution < -0.4 is 0 Å². The highest BCUT2D eigenvalue weighted by molar-refractivity contribution is 6.20. The Hall–Kier alpha value is -2.78. The number of hydrogen-bond donors (Lipinski definition) is 0. The van der Waals surface area contributed by atoms with Gasteiger partial charge >= 0.3 is 0 Å². The molecule has 5 fully saturated rings. The van der Waals surface area contributed by atoms with Crippen LogP contribution in [0.25, 0.3) is 11.0 Å². The number of aryl methyl sites for hydroxylation is 2. The van der Waals surface area contributed by atoms with Crippen molar-refractivity contribution in [2.75, 3.05) is 26.3 Å². The summed E-state index contributed by atoms with van der Waals surface area (Å²) >= 11 is 0. The Balaban J connectivity index is 1.24. The number of rotatable bonds is 2. The molecule has 3 aliphatic heterocycles. The minimum atomic E-state index is -1.30. The zero-order valence-electron chi connectivity index (χ0n) is 24.6. The van der Waals surface area contributed by atoms with Crippen LogP contribution in [-0.4, -0.2) is 87.8 Å². The third-order valence-corrected chi connectivity index (χ3v) is 11.5. The van der Waals surface area contributed by atoms with E-state index in [9.17, 15) is 9.59 Å². The van der Waals surface area contributed by atoms with E-state index < -0.39 is 24.2 Å². The third-order valence-electron chi connectivity index (χ3n) is 11.5. The first-order chi connectivity index (χ1) is 20.4. The SMILES string of the molecule is Cc1cc2ncn(C3C(F)CC4C(=O)C(C(=O)N5CCOCC5)=CN5C6C(CCC7CCCCC76)OC3C45)c2cc1C. The van der Waals surface area contributed by atoms with Crippen molar-refractivity contribution in [2.24, 2.45) is 17.8 Å². The summed E-state index contributed by atoms with van der Waals surface area (Å²) in [6.07, 6.45) is 8.74. The number of aromatic nitrogens is 2. The zero-order valence-corrected chi connectivity index (χ0v) is 24.6. The lowest BCUT2D eigenvalue weighted by Gasteiger charge is -2.62. The Labute approximate surface area is 246 Å². The molecule has 1 aromatic heterocycles. The molecule has 0 bridgehead atoms. The van der Waals surface area contributed by atoms with Crippen molar-refractivity contribution in [1.29, 1.82) is 0 Å². The molecular weight excluding hydrogens is 535 g/mol. The van der Waals surface area contributed by atoms with Crippen molar-refractivity contribution >= 4 is 22.7 Å². The van der Waals surface area contributed by atoms with Gasteiger partial charge in [0.05, 0.1) is 60.4 Å². The highest BCUT2D eigenvalue weighted by Gasteiger charge is 2.61. The van der Waals surface area contributed by atoms with Crippen LogP contribution in [0, 0.1) is 31.6 Å². The summed E-state index contributed by atoms with van der Waals surface area (Å²) in [6.45, 7) is 6.02. The summed E-state index contributed by atoms with van der Waals surface area (Å²) in [5.74, 6) is 0.0276. The molecule has 9 atom stereocenters. The average Bonchev–Trinajstić information content (AvgIpc) is 3.40. The number of halogens is 1. The minimum Gasteiger partial charge on any atom is -0.378 e. The number of imidazole rings is 1. The van der Waals surface area contributed by atoms with Crippen LogP contribution in [-0.2, 0) is 19.1 Å².